The maximum Gasteiger partial charge on any atom is 0.341 e. The smallest absolute Gasteiger partial charge is 0.341 e. The first-order chi connectivity index (χ1) is 15.4. The number of ether oxygens (including phenoxy) is 1. The summed E-state index contributed by atoms with van der Waals surface area (Å²) in [6.45, 7) is 1.78. The second-order valence-electron chi connectivity index (χ2n) is 6.74. The molecule has 0 radical (unpaired) electrons. The minimum absolute atomic E-state index is 0.0413. The van der Waals surface area contributed by atoms with E-state index in [2.05, 4.69) is 10.3 Å². The maximum atomic E-state index is 12.7. The number of halogens is 1. The molecule has 3 amide bonds. The molecular formula is C22H16ClN3O5S. The maximum absolute atomic E-state index is 12.7. The first-order valence-corrected chi connectivity index (χ1v) is 10.8. The Morgan fingerprint density at radius 1 is 1.12 bits per heavy atom. The molecular weight excluding hydrogens is 454 g/mol. The second kappa shape index (κ2) is 8.89. The van der Waals surface area contributed by atoms with Gasteiger partial charge in [-0.25, -0.2) is 9.78 Å². The molecule has 0 bridgehead atoms. The number of carbonyl (C=O) groups excluding carboxylic acids is 4. The van der Waals surface area contributed by atoms with E-state index in [9.17, 15) is 19.2 Å². The average molecular weight is 470 g/mol. The van der Waals surface area contributed by atoms with Crippen molar-refractivity contribution in [3.05, 3.63) is 80.9 Å². The number of esters is 1. The van der Waals surface area contributed by atoms with E-state index in [0.717, 1.165) is 16.2 Å². The number of aromatic nitrogens is 1. The SMILES string of the molecule is CCOC(=O)c1cc(CN2C(=O)c3ccccc3C2=O)sc1NC(=O)c1ccnc(Cl)c1. The molecule has 0 fully saturated rings. The zero-order valence-electron chi connectivity index (χ0n) is 16.8. The standard InChI is InChI=1S/C22H16ClN3O5S/c1-2-31-22(30)16-10-13(11-26-20(28)14-5-3-4-6-15(14)21(26)29)32-19(16)25-18(27)12-7-8-24-17(23)9-12/h3-10H,2,11H2,1H3,(H,25,27). The van der Waals surface area contributed by atoms with Gasteiger partial charge in [0.15, 0.2) is 0 Å². The van der Waals surface area contributed by atoms with Crippen molar-refractivity contribution in [3.8, 4) is 0 Å². The van der Waals surface area contributed by atoms with Crippen molar-refractivity contribution in [3.63, 3.8) is 0 Å². The molecule has 1 aliphatic rings. The molecule has 162 valence electrons. The molecule has 0 aliphatic carbocycles. The Balaban J connectivity index is 1.61. The molecule has 2 aromatic heterocycles. The lowest BCUT2D eigenvalue weighted by Crippen LogP contribution is -2.28. The third kappa shape index (κ3) is 4.12. The predicted octanol–water partition coefficient (Wildman–Crippen LogP) is 4.02. The van der Waals surface area contributed by atoms with E-state index >= 15 is 0 Å². The van der Waals surface area contributed by atoms with Gasteiger partial charge >= 0.3 is 5.97 Å². The van der Waals surface area contributed by atoms with Gasteiger partial charge in [-0.1, -0.05) is 23.7 Å². The minimum atomic E-state index is -0.625. The summed E-state index contributed by atoms with van der Waals surface area (Å²) in [6.07, 6.45) is 1.39. The molecule has 1 N–H and O–H groups in total. The summed E-state index contributed by atoms with van der Waals surface area (Å²) < 4.78 is 5.09. The summed E-state index contributed by atoms with van der Waals surface area (Å²) in [6, 6.07) is 11.0. The number of rotatable bonds is 6. The van der Waals surface area contributed by atoms with E-state index < -0.39 is 23.7 Å². The van der Waals surface area contributed by atoms with E-state index in [1.807, 2.05) is 0 Å². The number of nitrogens with one attached hydrogen (secondary N) is 1. The fraction of sp³-hybridized carbons (Fsp3) is 0.136. The lowest BCUT2D eigenvalue weighted by Gasteiger charge is -2.12. The van der Waals surface area contributed by atoms with Gasteiger partial charge in [-0.05, 0) is 37.3 Å². The Morgan fingerprint density at radius 3 is 2.44 bits per heavy atom. The molecule has 0 atom stereocenters. The Kier molecular flexibility index (Phi) is 6.02. The molecule has 10 heteroatoms. The van der Waals surface area contributed by atoms with Gasteiger partial charge in [0, 0.05) is 16.6 Å². The average Bonchev–Trinajstić information content (AvgIpc) is 3.28. The zero-order chi connectivity index (χ0) is 22.8. The van der Waals surface area contributed by atoms with Crippen LogP contribution in [0.2, 0.25) is 5.15 Å². The van der Waals surface area contributed by atoms with Gasteiger partial charge in [0.05, 0.1) is 29.8 Å². The van der Waals surface area contributed by atoms with Gasteiger partial charge in [-0.15, -0.1) is 11.3 Å². The van der Waals surface area contributed by atoms with E-state index in [4.69, 9.17) is 16.3 Å². The molecule has 0 saturated carbocycles. The number of anilines is 1. The van der Waals surface area contributed by atoms with Crippen molar-refractivity contribution >= 4 is 51.6 Å². The van der Waals surface area contributed by atoms with Crippen LogP contribution in [0.15, 0.2) is 48.7 Å². The zero-order valence-corrected chi connectivity index (χ0v) is 18.3. The van der Waals surface area contributed by atoms with Crippen LogP contribution in [0.5, 0.6) is 0 Å². The van der Waals surface area contributed by atoms with E-state index in [-0.39, 0.29) is 34.4 Å². The van der Waals surface area contributed by atoms with Crippen LogP contribution in [0.3, 0.4) is 0 Å². The molecule has 3 aromatic rings. The summed E-state index contributed by atoms with van der Waals surface area (Å²) in [5.41, 5.74) is 1.07. The molecule has 1 aromatic carbocycles. The van der Waals surface area contributed by atoms with Crippen molar-refractivity contribution in [2.75, 3.05) is 11.9 Å². The van der Waals surface area contributed by atoms with Crippen molar-refractivity contribution in [1.82, 2.24) is 9.88 Å². The second-order valence-corrected chi connectivity index (χ2v) is 8.26. The molecule has 0 saturated heterocycles. The molecule has 3 heterocycles. The quantitative estimate of drug-likeness (QED) is 0.332. The van der Waals surface area contributed by atoms with Gasteiger partial charge in [-0.3, -0.25) is 19.3 Å². The number of nitrogens with zero attached hydrogens (tertiary/aromatic N) is 2. The largest absolute Gasteiger partial charge is 0.462 e. The molecule has 8 nitrogen and oxygen atoms in total. The Labute approximate surface area is 191 Å². The first kappa shape index (κ1) is 21.7. The Hall–Kier alpha value is -3.56. The number of amides is 3. The van der Waals surface area contributed by atoms with E-state index in [0.29, 0.717) is 16.0 Å². The normalized spacial score (nSPS) is 12.6. The highest BCUT2D eigenvalue weighted by Crippen LogP contribution is 2.32. The molecule has 0 spiro atoms. The fourth-order valence-electron chi connectivity index (χ4n) is 3.23. The summed E-state index contributed by atoms with van der Waals surface area (Å²) >= 11 is 6.93. The summed E-state index contributed by atoms with van der Waals surface area (Å²) in [7, 11) is 0. The molecule has 4 rings (SSSR count). The lowest BCUT2D eigenvalue weighted by molar-refractivity contribution is 0.0527. The topological polar surface area (TPSA) is 106 Å². The number of thiophene rings is 1. The number of fused-ring (bicyclic) bond motifs is 1. The molecule has 1 aliphatic heterocycles. The highest BCUT2D eigenvalue weighted by molar-refractivity contribution is 7.16. The van der Waals surface area contributed by atoms with Gasteiger partial charge in [0.25, 0.3) is 17.7 Å². The van der Waals surface area contributed by atoms with Crippen molar-refractivity contribution in [1.29, 1.82) is 0 Å². The number of carbonyl (C=O) groups is 4. The summed E-state index contributed by atoms with van der Waals surface area (Å²) in [4.78, 5) is 55.9. The van der Waals surface area contributed by atoms with Gasteiger partial charge in [0.1, 0.15) is 10.2 Å². The van der Waals surface area contributed by atoms with Crippen molar-refractivity contribution in [2.24, 2.45) is 0 Å². The number of hydrogen-bond acceptors (Lipinski definition) is 7. The van der Waals surface area contributed by atoms with Crippen molar-refractivity contribution < 1.29 is 23.9 Å². The first-order valence-electron chi connectivity index (χ1n) is 9.57. The molecule has 0 unspecified atom stereocenters. The fourth-order valence-corrected chi connectivity index (χ4v) is 4.43. The highest BCUT2D eigenvalue weighted by atomic mass is 35.5. The van der Waals surface area contributed by atoms with Crippen LogP contribution >= 0.6 is 22.9 Å². The highest BCUT2D eigenvalue weighted by Gasteiger charge is 2.35. The minimum Gasteiger partial charge on any atom is -0.462 e. The van der Waals surface area contributed by atoms with Gasteiger partial charge in [0.2, 0.25) is 0 Å². The Bertz CT molecular complexity index is 1220. The van der Waals surface area contributed by atoms with E-state index in [1.165, 1.54) is 24.4 Å². The van der Waals surface area contributed by atoms with Crippen LogP contribution < -0.4 is 5.32 Å². The predicted molar refractivity (Wildman–Crippen MR) is 118 cm³/mol. The number of pyridine rings is 1. The van der Waals surface area contributed by atoms with Crippen molar-refractivity contribution in [2.45, 2.75) is 13.5 Å². The monoisotopic (exact) mass is 469 g/mol. The van der Waals surface area contributed by atoms with Crippen LogP contribution in [0, 0.1) is 0 Å². The van der Waals surface area contributed by atoms with Crippen LogP contribution in [0.25, 0.3) is 0 Å². The van der Waals surface area contributed by atoms with Gasteiger partial charge in [-0.2, -0.15) is 0 Å². The third-order valence-electron chi connectivity index (χ3n) is 4.69. The number of hydrogen-bond donors (Lipinski definition) is 1. The van der Waals surface area contributed by atoms with Crippen LogP contribution in [-0.2, 0) is 11.3 Å². The molecule has 32 heavy (non-hydrogen) atoms. The Morgan fingerprint density at radius 2 is 1.81 bits per heavy atom. The summed E-state index contributed by atoms with van der Waals surface area (Å²) in [5.74, 6) is -1.93. The van der Waals surface area contributed by atoms with Crippen LogP contribution in [0.1, 0.15) is 53.2 Å². The van der Waals surface area contributed by atoms with Gasteiger partial charge < -0.3 is 10.1 Å². The summed E-state index contributed by atoms with van der Waals surface area (Å²) in [5, 5.41) is 3.08. The van der Waals surface area contributed by atoms with E-state index in [1.54, 1.807) is 31.2 Å². The number of benzene rings is 1. The van der Waals surface area contributed by atoms with Crippen LogP contribution in [0.4, 0.5) is 5.00 Å². The third-order valence-corrected chi connectivity index (χ3v) is 5.93. The van der Waals surface area contributed by atoms with Crippen LogP contribution in [-0.4, -0.2) is 40.2 Å². The number of imide groups is 1. The lowest BCUT2D eigenvalue weighted by atomic mass is 10.1.